The normalized spacial score (nSPS) is 11.0. The van der Waals surface area contributed by atoms with Gasteiger partial charge in [0.2, 0.25) is 0 Å². The molecule has 0 amide bonds. The van der Waals surface area contributed by atoms with E-state index >= 15 is 0 Å². The molecule has 4 rings (SSSR count). The van der Waals surface area contributed by atoms with Gasteiger partial charge in [-0.05, 0) is 42.8 Å². The lowest BCUT2D eigenvalue weighted by atomic mass is 10.1. The van der Waals surface area contributed by atoms with Gasteiger partial charge in [-0.15, -0.1) is 0 Å². The Hall–Kier alpha value is -2.79. The summed E-state index contributed by atoms with van der Waals surface area (Å²) in [6.45, 7) is 2.07. The summed E-state index contributed by atoms with van der Waals surface area (Å²) < 4.78 is 0.862. The lowest BCUT2D eigenvalue weighted by molar-refractivity contribution is 0.966. The van der Waals surface area contributed by atoms with E-state index in [-0.39, 0.29) is 5.56 Å². The molecule has 2 heterocycles. The number of H-pyrrole nitrogens is 1. The molecule has 2 aromatic heterocycles. The van der Waals surface area contributed by atoms with Crippen LogP contribution in [-0.2, 0) is 6.42 Å². The standard InChI is InChI=1S/C21H16BrN3O/c1-13-3-2-4-15(9-13)18-7-5-14(12-23-18)10-20-24-19-8-6-16(22)11-17(19)21(26)25-20/h2-9,11-12H,10H2,1H3,(H,24,25,26). The molecule has 4 nitrogen and oxygen atoms in total. The third kappa shape index (κ3) is 3.44. The van der Waals surface area contributed by atoms with Crippen molar-refractivity contribution in [3.05, 3.63) is 92.6 Å². The van der Waals surface area contributed by atoms with Gasteiger partial charge in [-0.2, -0.15) is 0 Å². The van der Waals surface area contributed by atoms with Crippen molar-refractivity contribution in [3.63, 3.8) is 0 Å². The highest BCUT2D eigenvalue weighted by atomic mass is 79.9. The van der Waals surface area contributed by atoms with Gasteiger partial charge in [0.05, 0.1) is 16.6 Å². The first-order valence-corrected chi connectivity index (χ1v) is 9.08. The van der Waals surface area contributed by atoms with Gasteiger partial charge in [0, 0.05) is 22.7 Å². The zero-order chi connectivity index (χ0) is 18.1. The zero-order valence-electron chi connectivity index (χ0n) is 14.2. The second-order valence-electron chi connectivity index (χ2n) is 6.27. The van der Waals surface area contributed by atoms with Crippen LogP contribution in [0.5, 0.6) is 0 Å². The molecule has 0 unspecified atom stereocenters. The number of nitrogens with one attached hydrogen (secondary N) is 1. The SMILES string of the molecule is Cc1cccc(-c2ccc(Cc3nc4ccc(Br)cc4c(=O)[nH]3)cn2)c1. The van der Waals surface area contributed by atoms with Gasteiger partial charge in [-0.1, -0.05) is 45.8 Å². The van der Waals surface area contributed by atoms with E-state index in [1.165, 1.54) is 5.56 Å². The fourth-order valence-corrected chi connectivity index (χ4v) is 3.30. The molecule has 0 aliphatic carbocycles. The number of halogens is 1. The predicted octanol–water partition coefficient (Wildman–Crippen LogP) is 4.65. The van der Waals surface area contributed by atoms with Crippen LogP contribution in [0.3, 0.4) is 0 Å². The van der Waals surface area contributed by atoms with Crippen molar-refractivity contribution in [1.82, 2.24) is 15.0 Å². The number of aromatic amines is 1. The molecule has 1 N–H and O–H groups in total. The molecular weight excluding hydrogens is 390 g/mol. The van der Waals surface area contributed by atoms with Crippen LogP contribution < -0.4 is 5.56 Å². The van der Waals surface area contributed by atoms with E-state index in [1.807, 2.05) is 36.5 Å². The van der Waals surface area contributed by atoms with Crippen molar-refractivity contribution in [1.29, 1.82) is 0 Å². The minimum atomic E-state index is -0.129. The minimum absolute atomic E-state index is 0.129. The van der Waals surface area contributed by atoms with Crippen LogP contribution in [0.15, 0.2) is 70.1 Å². The van der Waals surface area contributed by atoms with Crippen LogP contribution in [-0.4, -0.2) is 15.0 Å². The molecule has 0 aliphatic rings. The number of benzene rings is 2. The number of rotatable bonds is 3. The molecule has 0 saturated heterocycles. The number of aryl methyl sites for hydroxylation is 1. The molecule has 0 radical (unpaired) electrons. The Kier molecular flexibility index (Phi) is 4.39. The summed E-state index contributed by atoms with van der Waals surface area (Å²) in [5.41, 5.74) is 4.80. The first-order chi connectivity index (χ1) is 12.6. The number of nitrogens with zero attached hydrogens (tertiary/aromatic N) is 2. The second kappa shape index (κ2) is 6.84. The van der Waals surface area contributed by atoms with Crippen molar-refractivity contribution in [3.8, 4) is 11.3 Å². The first kappa shape index (κ1) is 16.7. The third-order valence-corrected chi connectivity index (χ3v) is 4.72. The van der Waals surface area contributed by atoms with Gasteiger partial charge in [0.15, 0.2) is 0 Å². The predicted molar refractivity (Wildman–Crippen MR) is 107 cm³/mol. The van der Waals surface area contributed by atoms with E-state index in [4.69, 9.17) is 0 Å². The van der Waals surface area contributed by atoms with Crippen LogP contribution in [0.1, 0.15) is 17.0 Å². The van der Waals surface area contributed by atoms with Crippen molar-refractivity contribution < 1.29 is 0 Å². The fraction of sp³-hybridized carbons (Fsp3) is 0.0952. The molecule has 2 aromatic carbocycles. The van der Waals surface area contributed by atoms with Crippen LogP contribution in [0.2, 0.25) is 0 Å². The summed E-state index contributed by atoms with van der Waals surface area (Å²) in [5.74, 6) is 0.634. The summed E-state index contributed by atoms with van der Waals surface area (Å²) >= 11 is 3.38. The van der Waals surface area contributed by atoms with Gasteiger partial charge in [0.25, 0.3) is 5.56 Å². The highest BCUT2D eigenvalue weighted by Gasteiger charge is 2.06. The van der Waals surface area contributed by atoms with E-state index in [9.17, 15) is 4.79 Å². The maximum absolute atomic E-state index is 12.3. The Balaban J connectivity index is 1.62. The van der Waals surface area contributed by atoms with Gasteiger partial charge >= 0.3 is 0 Å². The maximum Gasteiger partial charge on any atom is 0.258 e. The van der Waals surface area contributed by atoms with Crippen molar-refractivity contribution >= 4 is 26.8 Å². The van der Waals surface area contributed by atoms with Gasteiger partial charge in [-0.3, -0.25) is 9.78 Å². The molecule has 5 heteroatoms. The highest BCUT2D eigenvalue weighted by molar-refractivity contribution is 9.10. The number of hydrogen-bond donors (Lipinski definition) is 1. The molecule has 0 atom stereocenters. The topological polar surface area (TPSA) is 58.6 Å². The Morgan fingerprint density at radius 3 is 2.73 bits per heavy atom. The summed E-state index contributed by atoms with van der Waals surface area (Å²) in [4.78, 5) is 24.3. The maximum atomic E-state index is 12.3. The van der Waals surface area contributed by atoms with Crippen LogP contribution >= 0.6 is 15.9 Å². The summed E-state index contributed by atoms with van der Waals surface area (Å²) in [6.07, 6.45) is 2.37. The van der Waals surface area contributed by atoms with E-state index in [0.717, 1.165) is 21.3 Å². The van der Waals surface area contributed by atoms with Gasteiger partial charge in [0.1, 0.15) is 5.82 Å². The lowest BCUT2D eigenvalue weighted by Crippen LogP contribution is -2.12. The summed E-state index contributed by atoms with van der Waals surface area (Å²) in [6, 6.07) is 17.8. The number of aromatic nitrogens is 3. The number of pyridine rings is 1. The Morgan fingerprint density at radius 1 is 1.08 bits per heavy atom. The first-order valence-electron chi connectivity index (χ1n) is 8.29. The zero-order valence-corrected chi connectivity index (χ0v) is 15.7. The molecule has 0 spiro atoms. The van der Waals surface area contributed by atoms with Crippen LogP contribution in [0, 0.1) is 6.92 Å². The Labute approximate surface area is 159 Å². The largest absolute Gasteiger partial charge is 0.310 e. The molecular formula is C21H16BrN3O. The lowest BCUT2D eigenvalue weighted by Gasteiger charge is -2.06. The number of hydrogen-bond acceptors (Lipinski definition) is 3. The quantitative estimate of drug-likeness (QED) is 0.539. The summed E-state index contributed by atoms with van der Waals surface area (Å²) in [7, 11) is 0. The Bertz CT molecular complexity index is 1150. The third-order valence-electron chi connectivity index (χ3n) is 4.23. The highest BCUT2D eigenvalue weighted by Crippen LogP contribution is 2.19. The molecule has 0 saturated carbocycles. The smallest absolute Gasteiger partial charge is 0.258 e. The minimum Gasteiger partial charge on any atom is -0.310 e. The van der Waals surface area contributed by atoms with Crippen molar-refractivity contribution in [2.24, 2.45) is 0 Å². The molecule has 0 bridgehead atoms. The van der Waals surface area contributed by atoms with E-state index in [0.29, 0.717) is 23.1 Å². The van der Waals surface area contributed by atoms with Crippen molar-refractivity contribution in [2.75, 3.05) is 0 Å². The monoisotopic (exact) mass is 405 g/mol. The van der Waals surface area contributed by atoms with Gasteiger partial charge < -0.3 is 4.98 Å². The Morgan fingerprint density at radius 2 is 1.96 bits per heavy atom. The average Bonchev–Trinajstić information content (AvgIpc) is 2.63. The molecule has 26 heavy (non-hydrogen) atoms. The van der Waals surface area contributed by atoms with Crippen molar-refractivity contribution in [2.45, 2.75) is 13.3 Å². The fourth-order valence-electron chi connectivity index (χ4n) is 2.94. The second-order valence-corrected chi connectivity index (χ2v) is 7.19. The van der Waals surface area contributed by atoms with E-state index < -0.39 is 0 Å². The average molecular weight is 406 g/mol. The van der Waals surface area contributed by atoms with E-state index in [1.54, 1.807) is 6.07 Å². The van der Waals surface area contributed by atoms with Gasteiger partial charge in [-0.25, -0.2) is 4.98 Å². The van der Waals surface area contributed by atoms with E-state index in [2.05, 4.69) is 56.0 Å². The number of fused-ring (bicyclic) bond motifs is 1. The molecule has 4 aromatic rings. The summed E-state index contributed by atoms with van der Waals surface area (Å²) in [5, 5.41) is 0.580. The molecule has 0 fully saturated rings. The van der Waals surface area contributed by atoms with Crippen LogP contribution in [0.25, 0.3) is 22.2 Å². The molecule has 128 valence electrons. The van der Waals surface area contributed by atoms with Crippen LogP contribution in [0.4, 0.5) is 0 Å². The molecule has 0 aliphatic heterocycles.